The maximum Gasteiger partial charge on any atom is 0.252 e. The summed E-state index contributed by atoms with van der Waals surface area (Å²) in [7, 11) is -1.75. The first-order valence-electron chi connectivity index (χ1n) is 9.99. The second-order valence-electron chi connectivity index (χ2n) is 7.56. The van der Waals surface area contributed by atoms with Crippen LogP contribution in [0, 0.1) is 0 Å². The van der Waals surface area contributed by atoms with Gasteiger partial charge in [-0.1, -0.05) is 23.7 Å². The maximum absolute atomic E-state index is 13.0. The summed E-state index contributed by atoms with van der Waals surface area (Å²) in [4.78, 5) is 14.9. The highest BCUT2D eigenvalue weighted by molar-refractivity contribution is 7.89. The number of para-hydroxylation sites is 2. The normalized spacial score (nSPS) is 19.7. The van der Waals surface area contributed by atoms with Crippen molar-refractivity contribution in [2.45, 2.75) is 11.0 Å². The fraction of sp³-hybridized carbons (Fsp3) is 0.381. The van der Waals surface area contributed by atoms with E-state index in [1.807, 2.05) is 25.2 Å². The lowest BCUT2D eigenvalue weighted by Crippen LogP contribution is -2.47. The van der Waals surface area contributed by atoms with Crippen molar-refractivity contribution in [2.24, 2.45) is 0 Å². The lowest BCUT2D eigenvalue weighted by Gasteiger charge is -2.31. The molecule has 2 aliphatic rings. The van der Waals surface area contributed by atoms with Crippen molar-refractivity contribution >= 4 is 27.5 Å². The minimum Gasteiger partial charge on any atom is -0.486 e. The predicted molar refractivity (Wildman–Crippen MR) is 116 cm³/mol. The summed E-state index contributed by atoms with van der Waals surface area (Å²) in [5.74, 6) is 0.809. The number of hydrogen-bond acceptors (Lipinski definition) is 6. The number of nitrogens with one attached hydrogen (secondary N) is 1. The molecule has 1 N–H and O–H groups in total. The molecular weight excluding hydrogens is 442 g/mol. The van der Waals surface area contributed by atoms with Crippen molar-refractivity contribution in [1.82, 2.24) is 14.5 Å². The van der Waals surface area contributed by atoms with Crippen LogP contribution >= 0.6 is 11.6 Å². The Balaban J connectivity index is 1.44. The highest BCUT2D eigenvalue weighted by atomic mass is 35.5. The number of fused-ring (bicyclic) bond motifs is 1. The first-order valence-corrected chi connectivity index (χ1v) is 11.8. The first-order chi connectivity index (χ1) is 14.8. The van der Waals surface area contributed by atoms with Crippen molar-refractivity contribution in [3.63, 3.8) is 0 Å². The maximum atomic E-state index is 13.0. The summed E-state index contributed by atoms with van der Waals surface area (Å²) in [6, 6.07) is 11.5. The molecule has 2 aromatic carbocycles. The van der Waals surface area contributed by atoms with E-state index in [0.29, 0.717) is 44.3 Å². The number of sulfonamides is 1. The average Bonchev–Trinajstić information content (AvgIpc) is 2.77. The molecule has 0 unspecified atom stereocenters. The molecule has 4 rings (SSSR count). The molecule has 0 radical (unpaired) electrons. The van der Waals surface area contributed by atoms with E-state index in [2.05, 4.69) is 10.2 Å². The Kier molecular flexibility index (Phi) is 6.38. The third-order valence-electron chi connectivity index (χ3n) is 5.34. The third-order valence-corrected chi connectivity index (χ3v) is 7.56. The molecule has 0 aromatic heterocycles. The van der Waals surface area contributed by atoms with E-state index in [1.54, 1.807) is 6.07 Å². The lowest BCUT2D eigenvalue weighted by molar-refractivity contribution is 0.0789. The Morgan fingerprint density at radius 2 is 1.84 bits per heavy atom. The van der Waals surface area contributed by atoms with Gasteiger partial charge in [0.05, 0.1) is 22.0 Å². The Bertz CT molecular complexity index is 1070. The standard InChI is InChI=1S/C21H24ClN3O5S/c1-24-8-10-25(11-9-24)31(27,28)16-6-7-18(22)17(12-16)21(26)23-13-15-14-29-19-4-2-3-5-20(19)30-15/h2-7,12,15H,8-11,13-14H2,1H3,(H,23,26)/t15-/m0/s1. The molecule has 1 saturated heterocycles. The van der Waals surface area contributed by atoms with Gasteiger partial charge in [-0.3, -0.25) is 4.79 Å². The number of hydrogen-bond donors (Lipinski definition) is 1. The summed E-state index contributed by atoms with van der Waals surface area (Å²) < 4.78 is 38.9. The van der Waals surface area contributed by atoms with Crippen LogP contribution in [0.25, 0.3) is 0 Å². The summed E-state index contributed by atoms with van der Waals surface area (Å²) in [6.07, 6.45) is -0.366. The van der Waals surface area contributed by atoms with Gasteiger partial charge in [0.1, 0.15) is 12.7 Å². The number of nitrogens with zero attached hydrogens (tertiary/aromatic N) is 2. The molecule has 31 heavy (non-hydrogen) atoms. The topological polar surface area (TPSA) is 88.2 Å². The zero-order chi connectivity index (χ0) is 22.0. The summed E-state index contributed by atoms with van der Waals surface area (Å²) in [6.45, 7) is 2.62. The van der Waals surface area contributed by atoms with E-state index < -0.39 is 15.9 Å². The first kappa shape index (κ1) is 21.9. The van der Waals surface area contributed by atoms with E-state index in [4.69, 9.17) is 21.1 Å². The molecule has 0 bridgehead atoms. The predicted octanol–water partition coefficient (Wildman–Crippen LogP) is 1.85. The van der Waals surface area contributed by atoms with E-state index in [9.17, 15) is 13.2 Å². The van der Waals surface area contributed by atoms with E-state index in [0.717, 1.165) is 0 Å². The lowest BCUT2D eigenvalue weighted by atomic mass is 10.2. The van der Waals surface area contributed by atoms with E-state index in [1.165, 1.54) is 22.5 Å². The summed E-state index contributed by atoms with van der Waals surface area (Å²) in [5.41, 5.74) is 0.106. The van der Waals surface area contributed by atoms with Gasteiger partial charge >= 0.3 is 0 Å². The van der Waals surface area contributed by atoms with Crippen molar-refractivity contribution in [3.8, 4) is 11.5 Å². The van der Waals surface area contributed by atoms with Gasteiger partial charge in [0, 0.05) is 26.2 Å². The molecule has 1 atom stereocenters. The van der Waals surface area contributed by atoms with Crippen LogP contribution in [-0.2, 0) is 10.0 Å². The van der Waals surface area contributed by atoms with Gasteiger partial charge in [-0.15, -0.1) is 0 Å². The van der Waals surface area contributed by atoms with E-state index >= 15 is 0 Å². The van der Waals surface area contributed by atoms with Crippen LogP contribution in [0.5, 0.6) is 11.5 Å². The zero-order valence-corrected chi connectivity index (χ0v) is 18.7. The second-order valence-corrected chi connectivity index (χ2v) is 9.90. The van der Waals surface area contributed by atoms with Crippen molar-refractivity contribution < 1.29 is 22.7 Å². The van der Waals surface area contributed by atoms with Crippen LogP contribution < -0.4 is 14.8 Å². The number of amides is 1. The van der Waals surface area contributed by atoms with Crippen LogP contribution in [0.4, 0.5) is 0 Å². The molecule has 2 heterocycles. The molecule has 0 saturated carbocycles. The van der Waals surface area contributed by atoms with Gasteiger partial charge in [-0.2, -0.15) is 4.31 Å². The number of ether oxygens (including phenoxy) is 2. The number of piperazine rings is 1. The molecule has 1 fully saturated rings. The van der Waals surface area contributed by atoms with Gasteiger partial charge in [-0.05, 0) is 37.4 Å². The Hall–Kier alpha value is -2.33. The number of likely N-dealkylation sites (N-methyl/N-ethyl adjacent to an activating group) is 1. The largest absolute Gasteiger partial charge is 0.486 e. The summed E-state index contributed by atoms with van der Waals surface area (Å²) in [5, 5.41) is 2.94. The van der Waals surface area contributed by atoms with Crippen molar-refractivity contribution in [3.05, 3.63) is 53.1 Å². The quantitative estimate of drug-likeness (QED) is 0.725. The number of rotatable bonds is 5. The van der Waals surface area contributed by atoms with Crippen LogP contribution in [-0.4, -0.2) is 76.0 Å². The molecule has 0 spiro atoms. The molecule has 1 amide bonds. The molecule has 2 aliphatic heterocycles. The Morgan fingerprint density at radius 3 is 2.58 bits per heavy atom. The van der Waals surface area contributed by atoms with Gasteiger partial charge in [0.15, 0.2) is 11.5 Å². The number of halogens is 1. The van der Waals surface area contributed by atoms with Crippen LogP contribution in [0.1, 0.15) is 10.4 Å². The molecular formula is C21H24ClN3O5S. The smallest absolute Gasteiger partial charge is 0.252 e. The monoisotopic (exact) mass is 465 g/mol. The minimum absolute atomic E-state index is 0.0535. The number of benzene rings is 2. The second kappa shape index (κ2) is 9.04. The summed E-state index contributed by atoms with van der Waals surface area (Å²) >= 11 is 6.20. The van der Waals surface area contributed by atoms with Crippen molar-refractivity contribution in [2.75, 3.05) is 46.4 Å². The molecule has 2 aromatic rings. The molecule has 10 heteroatoms. The minimum atomic E-state index is -3.70. The number of carbonyl (C=O) groups is 1. The SMILES string of the molecule is CN1CCN(S(=O)(=O)c2ccc(Cl)c(C(=O)NC[C@H]3COc4ccccc4O3)c2)CC1. The molecule has 0 aliphatic carbocycles. The molecule has 166 valence electrons. The Morgan fingerprint density at radius 1 is 1.13 bits per heavy atom. The fourth-order valence-corrected chi connectivity index (χ4v) is 5.13. The van der Waals surface area contributed by atoms with Gasteiger partial charge in [-0.25, -0.2) is 8.42 Å². The van der Waals surface area contributed by atoms with Gasteiger partial charge in [0.2, 0.25) is 10.0 Å². The number of carbonyl (C=O) groups excluding carboxylic acids is 1. The highest BCUT2D eigenvalue weighted by Crippen LogP contribution is 2.30. The average molecular weight is 466 g/mol. The highest BCUT2D eigenvalue weighted by Gasteiger charge is 2.29. The van der Waals surface area contributed by atoms with Crippen LogP contribution in [0.2, 0.25) is 5.02 Å². The van der Waals surface area contributed by atoms with Crippen LogP contribution in [0.3, 0.4) is 0 Å². The zero-order valence-electron chi connectivity index (χ0n) is 17.1. The Labute approximate surface area is 186 Å². The van der Waals surface area contributed by atoms with Crippen LogP contribution in [0.15, 0.2) is 47.4 Å². The molecule has 8 nitrogen and oxygen atoms in total. The van der Waals surface area contributed by atoms with Gasteiger partial charge in [0.25, 0.3) is 5.91 Å². The van der Waals surface area contributed by atoms with E-state index in [-0.39, 0.29) is 28.1 Å². The third kappa shape index (κ3) is 4.79. The van der Waals surface area contributed by atoms with Crippen molar-refractivity contribution in [1.29, 1.82) is 0 Å². The fourth-order valence-electron chi connectivity index (χ4n) is 3.48. The van der Waals surface area contributed by atoms with Gasteiger partial charge < -0.3 is 19.7 Å².